The van der Waals surface area contributed by atoms with Crippen molar-refractivity contribution in [1.82, 2.24) is 5.32 Å². The van der Waals surface area contributed by atoms with Gasteiger partial charge in [-0.1, -0.05) is 0 Å². The molecule has 26 heavy (non-hydrogen) atoms. The molecule has 0 unspecified atom stereocenters. The summed E-state index contributed by atoms with van der Waals surface area (Å²) in [6, 6.07) is 13.2. The number of nitrogens with one attached hydrogen (secondary N) is 2. The number of amides is 1. The largest absolute Gasteiger partial charge is 0.397 e. The molecule has 0 atom stereocenters. The molecule has 3 rings (SSSR count). The van der Waals surface area contributed by atoms with Crippen LogP contribution in [0, 0.1) is 0 Å². The number of nitrogen functional groups attached to an aromatic ring is 1. The number of ether oxygens (including phenoxy) is 1. The molecule has 1 saturated heterocycles. The molecule has 0 radical (unpaired) electrons. The van der Waals surface area contributed by atoms with Crippen molar-refractivity contribution in [3.8, 4) is 0 Å². The van der Waals surface area contributed by atoms with Gasteiger partial charge in [-0.05, 0) is 42.5 Å². The van der Waals surface area contributed by atoms with Gasteiger partial charge in [0.1, 0.15) is 0 Å². The number of hydrogen-bond acceptors (Lipinski definition) is 6. The van der Waals surface area contributed by atoms with E-state index in [0.29, 0.717) is 23.5 Å². The van der Waals surface area contributed by atoms with Crippen LogP contribution in [0.4, 0.5) is 22.7 Å². The Kier molecular flexibility index (Phi) is 5.60. The van der Waals surface area contributed by atoms with E-state index >= 15 is 0 Å². The molecule has 0 aliphatic carbocycles. The van der Waals surface area contributed by atoms with Crippen LogP contribution in [0.25, 0.3) is 0 Å². The van der Waals surface area contributed by atoms with E-state index in [4.69, 9.17) is 15.6 Å². The van der Waals surface area contributed by atoms with Crippen LogP contribution in [-0.4, -0.2) is 50.5 Å². The van der Waals surface area contributed by atoms with Crippen molar-refractivity contribution in [1.29, 1.82) is 0 Å². The van der Waals surface area contributed by atoms with Gasteiger partial charge in [-0.2, -0.15) is 0 Å². The van der Waals surface area contributed by atoms with E-state index < -0.39 is 0 Å². The monoisotopic (exact) mass is 356 g/mol. The second kappa shape index (κ2) is 8.07. The zero-order valence-corrected chi connectivity index (χ0v) is 14.7. The number of nitrogens with two attached hydrogens (primary N) is 1. The van der Waals surface area contributed by atoms with Crippen molar-refractivity contribution in [3.63, 3.8) is 0 Å². The third-order valence-corrected chi connectivity index (χ3v) is 4.35. The molecule has 1 aliphatic heterocycles. The summed E-state index contributed by atoms with van der Waals surface area (Å²) >= 11 is 0. The van der Waals surface area contributed by atoms with E-state index in [2.05, 4.69) is 15.5 Å². The molecule has 7 heteroatoms. The first-order valence-corrected chi connectivity index (χ1v) is 8.57. The molecule has 1 fully saturated rings. The smallest absolute Gasteiger partial charge is 0.251 e. The maximum absolute atomic E-state index is 11.8. The Hall–Kier alpha value is -2.77. The lowest BCUT2D eigenvalue weighted by molar-refractivity contribution is 0.0135. The van der Waals surface area contributed by atoms with Crippen LogP contribution in [0.1, 0.15) is 10.4 Å². The predicted molar refractivity (Wildman–Crippen MR) is 103 cm³/mol. The van der Waals surface area contributed by atoms with E-state index in [1.807, 2.05) is 24.3 Å². The molecule has 2 aromatic rings. The van der Waals surface area contributed by atoms with Gasteiger partial charge >= 0.3 is 0 Å². The molecule has 2 aromatic carbocycles. The number of hydrogen-bond donors (Lipinski definition) is 4. The van der Waals surface area contributed by atoms with Crippen molar-refractivity contribution >= 4 is 28.7 Å². The number of carbonyl (C=O) groups is 1. The lowest BCUT2D eigenvalue weighted by Crippen LogP contribution is -2.52. The molecular formula is C19H24N4O3. The summed E-state index contributed by atoms with van der Waals surface area (Å²) in [5, 5.41) is 14.6. The topological polar surface area (TPSA) is 99.9 Å². The number of carbonyl (C=O) groups excluding carboxylic acids is 1. The summed E-state index contributed by atoms with van der Waals surface area (Å²) in [5.41, 5.74) is 9.84. The highest BCUT2D eigenvalue weighted by Gasteiger charge is 2.27. The van der Waals surface area contributed by atoms with Crippen LogP contribution in [0.3, 0.4) is 0 Å². The molecule has 138 valence electrons. The average Bonchev–Trinajstić information content (AvgIpc) is 2.63. The minimum atomic E-state index is -0.154. The predicted octanol–water partition coefficient (Wildman–Crippen LogP) is 1.57. The standard InChI is InChI=1S/C19H24N4O3/c1-21-19(25)13-2-7-17(20)18(10-13)22-14-3-5-15(6-4-14)23-11-16(12-23)26-9-8-24/h2-7,10,16,22,24H,8-9,11-12,20H2,1H3,(H,21,25). The highest BCUT2D eigenvalue weighted by molar-refractivity contribution is 5.96. The van der Waals surface area contributed by atoms with Crippen molar-refractivity contribution in [3.05, 3.63) is 48.0 Å². The summed E-state index contributed by atoms with van der Waals surface area (Å²) in [6.07, 6.45) is 0.187. The molecule has 1 amide bonds. The van der Waals surface area contributed by atoms with Gasteiger partial charge in [0.05, 0.1) is 30.7 Å². The third-order valence-electron chi connectivity index (χ3n) is 4.35. The lowest BCUT2D eigenvalue weighted by Gasteiger charge is -2.40. The Morgan fingerprint density at radius 3 is 2.65 bits per heavy atom. The van der Waals surface area contributed by atoms with Gasteiger partial charge < -0.3 is 31.1 Å². The average molecular weight is 356 g/mol. The minimum Gasteiger partial charge on any atom is -0.397 e. The number of rotatable bonds is 7. The lowest BCUT2D eigenvalue weighted by atomic mass is 10.1. The van der Waals surface area contributed by atoms with Crippen molar-refractivity contribution < 1.29 is 14.6 Å². The molecule has 1 heterocycles. The van der Waals surface area contributed by atoms with Crippen LogP contribution in [0.5, 0.6) is 0 Å². The number of anilines is 4. The van der Waals surface area contributed by atoms with E-state index in [1.165, 1.54) is 0 Å². The van der Waals surface area contributed by atoms with E-state index in [9.17, 15) is 4.79 Å². The first kappa shape index (κ1) is 18.0. The Balaban J connectivity index is 1.62. The summed E-state index contributed by atoms with van der Waals surface area (Å²) in [5.74, 6) is -0.154. The number of aliphatic hydroxyl groups is 1. The molecule has 0 bridgehead atoms. The highest BCUT2D eigenvalue weighted by Crippen LogP contribution is 2.28. The van der Waals surface area contributed by atoms with Gasteiger partial charge in [-0.25, -0.2) is 0 Å². The fraction of sp³-hybridized carbons (Fsp3) is 0.316. The quantitative estimate of drug-likeness (QED) is 0.562. The first-order valence-electron chi connectivity index (χ1n) is 8.57. The van der Waals surface area contributed by atoms with Crippen molar-refractivity contribution in [2.24, 2.45) is 0 Å². The number of nitrogens with zero attached hydrogens (tertiary/aromatic N) is 1. The second-order valence-corrected chi connectivity index (χ2v) is 6.17. The summed E-state index contributed by atoms with van der Waals surface area (Å²) < 4.78 is 5.48. The van der Waals surface area contributed by atoms with Gasteiger partial charge in [0, 0.05) is 37.1 Å². The van der Waals surface area contributed by atoms with Crippen LogP contribution < -0.4 is 21.3 Å². The van der Waals surface area contributed by atoms with Gasteiger partial charge in [-0.15, -0.1) is 0 Å². The normalized spacial score (nSPS) is 14.0. The van der Waals surface area contributed by atoms with E-state index in [1.54, 1.807) is 25.2 Å². The van der Waals surface area contributed by atoms with Crippen LogP contribution in [-0.2, 0) is 4.74 Å². The molecular weight excluding hydrogens is 332 g/mol. The molecule has 0 saturated carbocycles. The van der Waals surface area contributed by atoms with E-state index in [0.717, 1.165) is 24.5 Å². The Morgan fingerprint density at radius 2 is 2.00 bits per heavy atom. The SMILES string of the molecule is CNC(=O)c1ccc(N)c(Nc2ccc(N3CC(OCCO)C3)cc2)c1. The van der Waals surface area contributed by atoms with Gasteiger partial charge in [-0.3, -0.25) is 4.79 Å². The maximum Gasteiger partial charge on any atom is 0.251 e. The highest BCUT2D eigenvalue weighted by atomic mass is 16.5. The van der Waals surface area contributed by atoms with Gasteiger partial charge in [0.2, 0.25) is 0 Å². The third kappa shape index (κ3) is 4.07. The van der Waals surface area contributed by atoms with Crippen molar-refractivity contribution in [2.75, 3.05) is 49.3 Å². The molecule has 0 spiro atoms. The molecule has 0 aromatic heterocycles. The zero-order chi connectivity index (χ0) is 18.5. The van der Waals surface area contributed by atoms with Crippen LogP contribution in [0.2, 0.25) is 0 Å². The number of benzene rings is 2. The number of aliphatic hydroxyl groups excluding tert-OH is 1. The van der Waals surface area contributed by atoms with E-state index in [-0.39, 0.29) is 18.6 Å². The Morgan fingerprint density at radius 1 is 1.27 bits per heavy atom. The van der Waals surface area contributed by atoms with Crippen molar-refractivity contribution in [2.45, 2.75) is 6.10 Å². The van der Waals surface area contributed by atoms with Crippen LogP contribution >= 0.6 is 0 Å². The fourth-order valence-electron chi connectivity index (χ4n) is 2.83. The minimum absolute atomic E-state index is 0.0567. The Labute approximate surface area is 152 Å². The zero-order valence-electron chi connectivity index (χ0n) is 14.7. The van der Waals surface area contributed by atoms with Crippen LogP contribution in [0.15, 0.2) is 42.5 Å². The first-order chi connectivity index (χ1) is 12.6. The molecule has 7 nitrogen and oxygen atoms in total. The summed E-state index contributed by atoms with van der Waals surface area (Å²) in [4.78, 5) is 14.0. The second-order valence-electron chi connectivity index (χ2n) is 6.17. The van der Waals surface area contributed by atoms with Gasteiger partial charge in [0.15, 0.2) is 0 Å². The Bertz CT molecular complexity index is 758. The molecule has 5 N–H and O–H groups in total. The summed E-state index contributed by atoms with van der Waals surface area (Å²) in [6.45, 7) is 2.10. The molecule has 1 aliphatic rings. The maximum atomic E-state index is 11.8. The fourth-order valence-corrected chi connectivity index (χ4v) is 2.83. The summed E-state index contributed by atoms with van der Waals surface area (Å²) in [7, 11) is 1.60. The van der Waals surface area contributed by atoms with Gasteiger partial charge in [0.25, 0.3) is 5.91 Å².